The highest BCUT2D eigenvalue weighted by atomic mass is 16.6. The second kappa shape index (κ2) is 36.7. The zero-order valence-electron chi connectivity index (χ0n) is 26.4. The van der Waals surface area contributed by atoms with Crippen molar-refractivity contribution >= 4 is 11.9 Å². The maximum atomic E-state index is 11.4. The summed E-state index contributed by atoms with van der Waals surface area (Å²) in [4.78, 5) is 22.3. The maximum absolute atomic E-state index is 11.4. The van der Waals surface area contributed by atoms with Crippen molar-refractivity contribution in [1.29, 1.82) is 0 Å². The molecule has 0 unspecified atom stereocenters. The lowest BCUT2D eigenvalue weighted by Crippen LogP contribution is -2.16. The molecular formula is C29H56O14. The van der Waals surface area contributed by atoms with Gasteiger partial charge in [-0.25, -0.2) is 4.79 Å². The highest BCUT2D eigenvalue weighted by molar-refractivity contribution is 5.70. The van der Waals surface area contributed by atoms with Crippen molar-refractivity contribution in [3.8, 4) is 0 Å². The molecule has 0 heterocycles. The van der Waals surface area contributed by atoms with Gasteiger partial charge in [0.15, 0.2) is 0 Å². The molecule has 0 radical (unpaired) electrons. The third-order valence-corrected chi connectivity index (χ3v) is 5.27. The van der Waals surface area contributed by atoms with E-state index in [-0.39, 0.29) is 19.2 Å². The van der Waals surface area contributed by atoms with Gasteiger partial charge >= 0.3 is 11.9 Å². The van der Waals surface area contributed by atoms with Crippen molar-refractivity contribution in [2.75, 3.05) is 146 Å². The van der Waals surface area contributed by atoms with Crippen LogP contribution in [0.25, 0.3) is 0 Å². The van der Waals surface area contributed by atoms with Crippen LogP contribution in [0.3, 0.4) is 0 Å². The fourth-order valence-corrected chi connectivity index (χ4v) is 3.00. The Labute approximate surface area is 257 Å². The Morgan fingerprint density at radius 3 is 1.00 bits per heavy atom. The summed E-state index contributed by atoms with van der Waals surface area (Å²) in [5.41, 5.74) is 0. The number of methoxy groups -OCH3 is 1. The van der Waals surface area contributed by atoms with Crippen LogP contribution in [0, 0.1) is 0 Å². The van der Waals surface area contributed by atoms with Crippen molar-refractivity contribution in [3.05, 3.63) is 0 Å². The van der Waals surface area contributed by atoms with Crippen LogP contribution in [0.2, 0.25) is 0 Å². The molecule has 0 aromatic heterocycles. The Morgan fingerprint density at radius 1 is 0.395 bits per heavy atom. The van der Waals surface area contributed by atoms with Crippen LogP contribution in [0.15, 0.2) is 0 Å². The van der Waals surface area contributed by atoms with Crippen LogP contribution in [0.5, 0.6) is 0 Å². The van der Waals surface area contributed by atoms with Gasteiger partial charge < -0.3 is 56.8 Å². The summed E-state index contributed by atoms with van der Waals surface area (Å²) >= 11 is 0. The molecule has 0 aromatic rings. The molecule has 43 heavy (non-hydrogen) atoms. The van der Waals surface area contributed by atoms with Gasteiger partial charge in [-0.1, -0.05) is 19.8 Å². The van der Waals surface area contributed by atoms with Crippen LogP contribution in [-0.2, 0) is 66.4 Å². The molecule has 0 saturated carbocycles. The van der Waals surface area contributed by atoms with Gasteiger partial charge in [0.1, 0.15) is 13.2 Å². The summed E-state index contributed by atoms with van der Waals surface area (Å²) in [6, 6.07) is 0. The number of esters is 2. The summed E-state index contributed by atoms with van der Waals surface area (Å²) < 4.78 is 63.3. The first kappa shape index (κ1) is 41.5. The first-order chi connectivity index (χ1) is 21.2. The summed E-state index contributed by atoms with van der Waals surface area (Å²) in [5, 5.41) is 0. The fraction of sp³-hybridized carbons (Fsp3) is 0.931. The van der Waals surface area contributed by atoms with Crippen LogP contribution in [0.4, 0.5) is 0 Å². The third-order valence-electron chi connectivity index (χ3n) is 5.27. The normalized spacial score (nSPS) is 11.2. The third kappa shape index (κ3) is 36.6. The van der Waals surface area contributed by atoms with E-state index in [9.17, 15) is 9.59 Å². The number of hydrogen-bond acceptors (Lipinski definition) is 14. The topological polar surface area (TPSA) is 145 Å². The number of hydrogen-bond donors (Lipinski definition) is 0. The van der Waals surface area contributed by atoms with Gasteiger partial charge in [0, 0.05) is 6.42 Å². The van der Waals surface area contributed by atoms with Gasteiger partial charge in [-0.15, -0.1) is 0 Å². The monoisotopic (exact) mass is 628 g/mol. The van der Waals surface area contributed by atoms with Crippen molar-refractivity contribution < 1.29 is 66.4 Å². The van der Waals surface area contributed by atoms with E-state index in [0.29, 0.717) is 132 Å². The largest absolute Gasteiger partial charge is 0.467 e. The predicted octanol–water partition coefficient (Wildman–Crippen LogP) is 1.45. The van der Waals surface area contributed by atoms with E-state index in [2.05, 4.69) is 11.7 Å². The average Bonchev–Trinajstić information content (AvgIpc) is 3.01. The second-order valence-electron chi connectivity index (χ2n) is 8.82. The molecule has 14 nitrogen and oxygen atoms in total. The van der Waals surface area contributed by atoms with Crippen molar-refractivity contribution in [1.82, 2.24) is 0 Å². The van der Waals surface area contributed by atoms with E-state index in [1.54, 1.807) is 0 Å². The maximum Gasteiger partial charge on any atom is 0.331 e. The molecule has 0 aliphatic rings. The summed E-state index contributed by atoms with van der Waals surface area (Å²) in [6.07, 6.45) is 3.48. The van der Waals surface area contributed by atoms with Crippen LogP contribution >= 0.6 is 0 Å². The minimum absolute atomic E-state index is 0.0725. The van der Waals surface area contributed by atoms with E-state index in [1.807, 2.05) is 0 Å². The van der Waals surface area contributed by atoms with Crippen LogP contribution < -0.4 is 0 Å². The number of carbonyl (C=O) groups is 2. The SMILES string of the molecule is CCCCCC(=O)OCCOCCOCCOCCOCCOCCOCCOCCOCCOCCOCC(=O)OC. The predicted molar refractivity (Wildman–Crippen MR) is 155 cm³/mol. The lowest BCUT2D eigenvalue weighted by atomic mass is 10.2. The van der Waals surface area contributed by atoms with Crippen molar-refractivity contribution in [2.24, 2.45) is 0 Å². The molecular weight excluding hydrogens is 572 g/mol. The van der Waals surface area contributed by atoms with Crippen molar-refractivity contribution in [2.45, 2.75) is 32.6 Å². The van der Waals surface area contributed by atoms with Gasteiger partial charge in [0.05, 0.1) is 133 Å². The number of rotatable bonds is 36. The smallest absolute Gasteiger partial charge is 0.331 e. The van der Waals surface area contributed by atoms with Crippen LogP contribution in [-0.4, -0.2) is 158 Å². The Balaban J connectivity index is 3.08. The Hall–Kier alpha value is -1.46. The molecule has 0 amide bonds. The molecule has 0 aliphatic carbocycles. The first-order valence-corrected chi connectivity index (χ1v) is 15.2. The molecule has 0 aromatic carbocycles. The lowest BCUT2D eigenvalue weighted by Gasteiger charge is -2.09. The molecule has 0 bridgehead atoms. The Morgan fingerprint density at radius 2 is 0.698 bits per heavy atom. The van der Waals surface area contributed by atoms with E-state index < -0.39 is 5.97 Å². The Bertz CT molecular complexity index is 581. The van der Waals surface area contributed by atoms with Gasteiger partial charge in [0.25, 0.3) is 0 Å². The van der Waals surface area contributed by atoms with E-state index in [1.165, 1.54) is 7.11 Å². The zero-order valence-corrected chi connectivity index (χ0v) is 26.4. The van der Waals surface area contributed by atoms with Gasteiger partial charge in [-0.2, -0.15) is 0 Å². The molecule has 0 fully saturated rings. The van der Waals surface area contributed by atoms with Crippen molar-refractivity contribution in [3.63, 3.8) is 0 Å². The summed E-state index contributed by atoms with van der Waals surface area (Å²) in [6.45, 7) is 11.0. The highest BCUT2D eigenvalue weighted by Gasteiger charge is 2.02. The van der Waals surface area contributed by atoms with Gasteiger partial charge in [-0.05, 0) is 6.42 Å². The standard InChI is InChI=1S/C29H56O14/c1-3-4-5-6-28(30)43-26-25-41-22-21-39-18-17-37-14-13-35-10-9-33-7-8-34-11-12-36-15-16-38-19-20-40-23-24-42-27-29(31)32-2/h3-27H2,1-2H3. The van der Waals surface area contributed by atoms with Gasteiger partial charge in [-0.3, -0.25) is 4.79 Å². The molecule has 0 atom stereocenters. The number of ether oxygens (including phenoxy) is 12. The molecule has 0 aliphatic heterocycles. The summed E-state index contributed by atoms with van der Waals surface area (Å²) in [7, 11) is 1.31. The highest BCUT2D eigenvalue weighted by Crippen LogP contribution is 2.00. The average molecular weight is 629 g/mol. The quantitative estimate of drug-likeness (QED) is 0.0729. The zero-order chi connectivity index (χ0) is 31.3. The minimum Gasteiger partial charge on any atom is -0.467 e. The van der Waals surface area contributed by atoms with E-state index in [0.717, 1.165) is 19.3 Å². The van der Waals surface area contributed by atoms with Gasteiger partial charge in [0.2, 0.25) is 0 Å². The second-order valence-corrected chi connectivity index (χ2v) is 8.82. The molecule has 0 saturated heterocycles. The fourth-order valence-electron chi connectivity index (χ4n) is 3.00. The molecule has 14 heteroatoms. The molecule has 0 N–H and O–H groups in total. The molecule has 0 spiro atoms. The lowest BCUT2D eigenvalue weighted by molar-refractivity contribution is -0.146. The molecule has 256 valence electrons. The van der Waals surface area contributed by atoms with Crippen LogP contribution in [0.1, 0.15) is 32.6 Å². The minimum atomic E-state index is -0.410. The van der Waals surface area contributed by atoms with E-state index >= 15 is 0 Å². The first-order valence-electron chi connectivity index (χ1n) is 15.2. The Kier molecular flexibility index (Phi) is 35.5. The molecule has 0 rings (SSSR count). The number of carbonyl (C=O) groups excluding carboxylic acids is 2. The number of unbranched alkanes of at least 4 members (excludes halogenated alkanes) is 2. The summed E-state index contributed by atoms with van der Waals surface area (Å²) in [5.74, 6) is -0.573. The van der Waals surface area contributed by atoms with E-state index in [4.69, 9.17) is 52.1 Å².